The van der Waals surface area contributed by atoms with Crippen LogP contribution in [0.25, 0.3) is 0 Å². The molecule has 0 unspecified atom stereocenters. The molecule has 0 aromatic heterocycles. The minimum absolute atomic E-state index is 0.0520. The number of rotatable bonds is 7. The van der Waals surface area contributed by atoms with Crippen molar-refractivity contribution in [2.45, 2.75) is 33.6 Å². The van der Waals surface area contributed by atoms with Crippen molar-refractivity contribution in [2.24, 2.45) is 5.41 Å². The number of hydrogen-bond acceptors (Lipinski definition) is 2. The third-order valence-electron chi connectivity index (χ3n) is 2.95. The van der Waals surface area contributed by atoms with Crippen LogP contribution in [0.4, 0.5) is 5.69 Å². The van der Waals surface area contributed by atoms with Crippen LogP contribution in [0.3, 0.4) is 0 Å². The standard InChI is InChI=1S/C15H25NO/c1-4-5-11-16(12-15(2,3)13-17)14-9-7-6-8-10-14/h6-10,17H,4-5,11-13H2,1-3H3. The zero-order valence-electron chi connectivity index (χ0n) is 11.3. The van der Waals surface area contributed by atoms with Crippen LogP contribution >= 0.6 is 0 Å². The largest absolute Gasteiger partial charge is 0.396 e. The topological polar surface area (TPSA) is 23.5 Å². The van der Waals surface area contributed by atoms with E-state index in [2.05, 4.69) is 49.9 Å². The Morgan fingerprint density at radius 3 is 2.35 bits per heavy atom. The molecule has 0 radical (unpaired) electrons. The summed E-state index contributed by atoms with van der Waals surface area (Å²) in [5, 5.41) is 9.39. The third-order valence-corrected chi connectivity index (χ3v) is 2.95. The number of hydrogen-bond donors (Lipinski definition) is 1. The Balaban J connectivity index is 2.74. The number of para-hydroxylation sites is 1. The van der Waals surface area contributed by atoms with E-state index in [0.29, 0.717) is 0 Å². The fourth-order valence-corrected chi connectivity index (χ4v) is 1.85. The quantitative estimate of drug-likeness (QED) is 0.783. The third kappa shape index (κ3) is 4.78. The number of anilines is 1. The molecule has 0 fully saturated rings. The lowest BCUT2D eigenvalue weighted by molar-refractivity contribution is 0.164. The van der Waals surface area contributed by atoms with Crippen molar-refractivity contribution < 1.29 is 5.11 Å². The number of aliphatic hydroxyl groups excluding tert-OH is 1. The van der Waals surface area contributed by atoms with Gasteiger partial charge in [0.1, 0.15) is 0 Å². The molecule has 1 N–H and O–H groups in total. The van der Waals surface area contributed by atoms with Gasteiger partial charge in [0.05, 0.1) is 0 Å². The molecule has 17 heavy (non-hydrogen) atoms. The van der Waals surface area contributed by atoms with Crippen molar-refractivity contribution in [1.82, 2.24) is 0 Å². The van der Waals surface area contributed by atoms with Gasteiger partial charge in [-0.3, -0.25) is 0 Å². The summed E-state index contributed by atoms with van der Waals surface area (Å²) >= 11 is 0. The molecule has 2 nitrogen and oxygen atoms in total. The molecule has 1 rings (SSSR count). The first-order chi connectivity index (χ1) is 8.09. The second kappa shape index (κ2) is 6.65. The first kappa shape index (κ1) is 14.0. The van der Waals surface area contributed by atoms with E-state index in [1.54, 1.807) is 0 Å². The average Bonchev–Trinajstić information content (AvgIpc) is 2.35. The number of aliphatic hydroxyl groups is 1. The van der Waals surface area contributed by atoms with Crippen LogP contribution in [0.2, 0.25) is 0 Å². The Morgan fingerprint density at radius 1 is 1.18 bits per heavy atom. The van der Waals surface area contributed by atoms with Crippen molar-refractivity contribution in [3.63, 3.8) is 0 Å². The summed E-state index contributed by atoms with van der Waals surface area (Å²) in [6.07, 6.45) is 2.39. The van der Waals surface area contributed by atoms with E-state index in [4.69, 9.17) is 0 Å². The molecule has 0 aliphatic carbocycles. The number of unbranched alkanes of at least 4 members (excludes halogenated alkanes) is 1. The smallest absolute Gasteiger partial charge is 0.0499 e. The van der Waals surface area contributed by atoms with Crippen LogP contribution in [0, 0.1) is 5.41 Å². The molecule has 0 saturated carbocycles. The summed E-state index contributed by atoms with van der Waals surface area (Å²) in [7, 11) is 0. The highest BCUT2D eigenvalue weighted by Crippen LogP contribution is 2.22. The van der Waals surface area contributed by atoms with Gasteiger partial charge in [-0.2, -0.15) is 0 Å². The molecule has 0 aliphatic rings. The van der Waals surface area contributed by atoms with Crippen molar-refractivity contribution >= 4 is 5.69 Å². The summed E-state index contributed by atoms with van der Waals surface area (Å²) < 4.78 is 0. The fraction of sp³-hybridized carbons (Fsp3) is 0.600. The molecule has 0 atom stereocenters. The zero-order valence-corrected chi connectivity index (χ0v) is 11.3. The molecule has 0 amide bonds. The van der Waals surface area contributed by atoms with Crippen LogP contribution in [0.5, 0.6) is 0 Å². The predicted molar refractivity (Wildman–Crippen MR) is 74.4 cm³/mol. The Morgan fingerprint density at radius 2 is 1.82 bits per heavy atom. The van der Waals surface area contributed by atoms with Crippen molar-refractivity contribution in [3.05, 3.63) is 30.3 Å². The normalized spacial score (nSPS) is 11.5. The first-order valence-corrected chi connectivity index (χ1v) is 6.50. The van der Waals surface area contributed by atoms with Crippen LogP contribution in [0.15, 0.2) is 30.3 Å². The Bertz CT molecular complexity index is 308. The molecule has 1 aromatic carbocycles. The minimum Gasteiger partial charge on any atom is -0.396 e. The summed E-state index contributed by atoms with van der Waals surface area (Å²) in [5.41, 5.74) is 1.20. The van der Waals surface area contributed by atoms with Gasteiger partial charge in [0.2, 0.25) is 0 Å². The van der Waals surface area contributed by atoms with Crippen LogP contribution in [-0.2, 0) is 0 Å². The van der Waals surface area contributed by atoms with Gasteiger partial charge in [-0.1, -0.05) is 45.4 Å². The van der Waals surface area contributed by atoms with Gasteiger partial charge in [-0.15, -0.1) is 0 Å². The molecular formula is C15H25NO. The Labute approximate surface area is 105 Å². The van der Waals surface area contributed by atoms with Crippen LogP contribution in [0.1, 0.15) is 33.6 Å². The van der Waals surface area contributed by atoms with Crippen molar-refractivity contribution in [1.29, 1.82) is 0 Å². The van der Waals surface area contributed by atoms with E-state index in [-0.39, 0.29) is 12.0 Å². The van der Waals surface area contributed by atoms with E-state index in [1.807, 2.05) is 6.07 Å². The van der Waals surface area contributed by atoms with Gasteiger partial charge >= 0.3 is 0 Å². The molecular weight excluding hydrogens is 210 g/mol. The van der Waals surface area contributed by atoms with E-state index in [1.165, 1.54) is 18.5 Å². The van der Waals surface area contributed by atoms with Crippen LogP contribution in [-0.4, -0.2) is 24.8 Å². The number of nitrogens with zero attached hydrogens (tertiary/aromatic N) is 1. The Kier molecular flexibility index (Phi) is 5.49. The van der Waals surface area contributed by atoms with Gasteiger partial charge in [0.25, 0.3) is 0 Å². The lowest BCUT2D eigenvalue weighted by Crippen LogP contribution is -2.37. The summed E-state index contributed by atoms with van der Waals surface area (Å²) in [5.74, 6) is 0. The average molecular weight is 235 g/mol. The highest BCUT2D eigenvalue weighted by atomic mass is 16.3. The highest BCUT2D eigenvalue weighted by molar-refractivity contribution is 5.46. The second-order valence-electron chi connectivity index (χ2n) is 5.43. The van der Waals surface area contributed by atoms with Gasteiger partial charge in [0.15, 0.2) is 0 Å². The maximum Gasteiger partial charge on any atom is 0.0499 e. The Hall–Kier alpha value is -1.02. The second-order valence-corrected chi connectivity index (χ2v) is 5.43. The zero-order chi connectivity index (χ0) is 12.7. The molecule has 0 saturated heterocycles. The predicted octanol–water partition coefficient (Wildman–Crippen LogP) is 3.31. The van der Waals surface area contributed by atoms with Gasteiger partial charge in [-0.25, -0.2) is 0 Å². The minimum atomic E-state index is -0.0520. The molecule has 2 heteroatoms. The van der Waals surface area contributed by atoms with Gasteiger partial charge < -0.3 is 10.0 Å². The molecule has 0 spiro atoms. The van der Waals surface area contributed by atoms with Crippen molar-refractivity contribution in [3.8, 4) is 0 Å². The summed E-state index contributed by atoms with van der Waals surface area (Å²) in [4.78, 5) is 2.37. The fourth-order valence-electron chi connectivity index (χ4n) is 1.85. The molecule has 1 aromatic rings. The summed E-state index contributed by atoms with van der Waals surface area (Å²) in [6.45, 7) is 8.60. The summed E-state index contributed by atoms with van der Waals surface area (Å²) in [6, 6.07) is 10.5. The van der Waals surface area contributed by atoms with Crippen molar-refractivity contribution in [2.75, 3.05) is 24.6 Å². The number of benzene rings is 1. The maximum atomic E-state index is 9.39. The molecule has 0 bridgehead atoms. The van der Waals surface area contributed by atoms with Gasteiger partial charge in [-0.05, 0) is 18.6 Å². The molecule has 96 valence electrons. The SMILES string of the molecule is CCCCN(CC(C)(C)CO)c1ccccc1. The van der Waals surface area contributed by atoms with Gasteiger partial charge in [0, 0.05) is 30.8 Å². The van der Waals surface area contributed by atoms with Crippen LogP contribution < -0.4 is 4.90 Å². The molecule has 0 heterocycles. The van der Waals surface area contributed by atoms with E-state index < -0.39 is 0 Å². The molecule has 0 aliphatic heterocycles. The van der Waals surface area contributed by atoms with E-state index in [9.17, 15) is 5.11 Å². The maximum absolute atomic E-state index is 9.39. The van der Waals surface area contributed by atoms with E-state index >= 15 is 0 Å². The lowest BCUT2D eigenvalue weighted by Gasteiger charge is -2.33. The monoisotopic (exact) mass is 235 g/mol. The lowest BCUT2D eigenvalue weighted by atomic mass is 9.93. The van der Waals surface area contributed by atoms with E-state index in [0.717, 1.165) is 13.1 Å². The first-order valence-electron chi connectivity index (χ1n) is 6.50. The highest BCUT2D eigenvalue weighted by Gasteiger charge is 2.20.